The highest BCUT2D eigenvalue weighted by Gasteiger charge is 2.36. The molecule has 4 nitrogen and oxygen atoms in total. The molecule has 0 aromatic heterocycles. The minimum atomic E-state index is -0.281. The number of benzene rings is 3. The van der Waals surface area contributed by atoms with Crippen molar-refractivity contribution in [1.82, 2.24) is 0 Å². The molecule has 0 fully saturated rings. The first-order chi connectivity index (χ1) is 12.2. The lowest BCUT2D eigenvalue weighted by atomic mass is 9.99. The number of Topliss-reactive ketones (excluding diaryl/α,β-unsaturated/α-hetero) is 1. The maximum atomic E-state index is 12.7. The van der Waals surface area contributed by atoms with Crippen LogP contribution in [0.15, 0.2) is 72.8 Å². The zero-order valence-corrected chi connectivity index (χ0v) is 13.6. The zero-order valence-electron chi connectivity index (χ0n) is 13.6. The lowest BCUT2D eigenvalue weighted by molar-refractivity contribution is -0.355. The quantitative estimate of drug-likeness (QED) is 0.535. The van der Waals surface area contributed by atoms with E-state index in [-0.39, 0.29) is 11.5 Å². The van der Waals surface area contributed by atoms with Crippen LogP contribution in [-0.4, -0.2) is 23.3 Å². The second kappa shape index (κ2) is 5.91. The van der Waals surface area contributed by atoms with E-state index in [2.05, 4.69) is 0 Å². The first-order valence-corrected chi connectivity index (χ1v) is 7.92. The number of nitrogens with zero attached hydrogens (tertiary/aromatic N) is 1. The fourth-order valence-corrected chi connectivity index (χ4v) is 3.04. The van der Waals surface area contributed by atoms with Crippen molar-refractivity contribution in [3.8, 4) is 16.9 Å². The summed E-state index contributed by atoms with van der Waals surface area (Å²) in [5.41, 5.74) is 3.60. The predicted molar refractivity (Wildman–Crippen MR) is 96.6 cm³/mol. The van der Waals surface area contributed by atoms with Crippen LogP contribution in [0.1, 0.15) is 15.9 Å². The Hall–Kier alpha value is -3.40. The summed E-state index contributed by atoms with van der Waals surface area (Å²) in [5.74, 6) is 0.275. The summed E-state index contributed by atoms with van der Waals surface area (Å²) in [6.07, 6.45) is 0. The van der Waals surface area contributed by atoms with Crippen molar-refractivity contribution in [1.29, 1.82) is 0 Å². The summed E-state index contributed by atoms with van der Waals surface area (Å²) >= 11 is 0. The topological polar surface area (TPSA) is 52.4 Å². The highest BCUT2D eigenvalue weighted by Crippen LogP contribution is 2.31. The molecule has 0 saturated carbocycles. The monoisotopic (exact) mass is 329 g/mol. The summed E-state index contributed by atoms with van der Waals surface area (Å²) in [4.78, 5) is 12.7. The molecule has 3 aromatic carbocycles. The summed E-state index contributed by atoms with van der Waals surface area (Å²) in [6, 6.07) is 22.3. The van der Waals surface area contributed by atoms with E-state index in [0.29, 0.717) is 27.3 Å². The first-order valence-electron chi connectivity index (χ1n) is 7.92. The zero-order chi connectivity index (χ0) is 17.4. The maximum absolute atomic E-state index is 12.7. The molecule has 1 aliphatic heterocycles. The van der Waals surface area contributed by atoms with Crippen molar-refractivity contribution < 1.29 is 14.3 Å². The van der Waals surface area contributed by atoms with Gasteiger partial charge in [0, 0.05) is 6.07 Å². The third-order valence-electron chi connectivity index (χ3n) is 4.35. The highest BCUT2D eigenvalue weighted by molar-refractivity contribution is 6.52. The molecule has 1 aliphatic rings. The van der Waals surface area contributed by atoms with E-state index >= 15 is 0 Å². The Morgan fingerprint density at radius 3 is 2.16 bits per heavy atom. The number of fused-ring (bicyclic) bond motifs is 1. The van der Waals surface area contributed by atoms with E-state index < -0.39 is 0 Å². The van der Waals surface area contributed by atoms with E-state index in [0.717, 1.165) is 11.1 Å². The molecule has 3 aromatic rings. The fourth-order valence-electron chi connectivity index (χ4n) is 3.04. The number of ether oxygens (including phenoxy) is 1. The number of hydrogen-bond acceptors (Lipinski definition) is 3. The van der Waals surface area contributed by atoms with Gasteiger partial charge >= 0.3 is 0 Å². The number of rotatable bonds is 3. The van der Waals surface area contributed by atoms with Crippen LogP contribution in [0, 0.1) is 5.21 Å². The van der Waals surface area contributed by atoms with Gasteiger partial charge < -0.3 is 9.94 Å². The van der Waals surface area contributed by atoms with Crippen molar-refractivity contribution in [3.63, 3.8) is 0 Å². The van der Waals surface area contributed by atoms with E-state index in [1.54, 1.807) is 18.2 Å². The summed E-state index contributed by atoms with van der Waals surface area (Å²) < 4.78 is 5.85. The van der Waals surface area contributed by atoms with Gasteiger partial charge in [-0.3, -0.25) is 4.79 Å². The fraction of sp³-hybridized carbons (Fsp3) is 0.0476. The van der Waals surface area contributed by atoms with Crippen LogP contribution in [0.4, 0.5) is 5.69 Å². The Balaban J connectivity index is 1.73. The van der Waals surface area contributed by atoms with E-state index in [9.17, 15) is 10.0 Å². The SMILES string of the molecule is COc1ccc2c(c1)C(=O)C(c1ccc(-c3ccccc3)cc1)=[N+]2[O-]. The smallest absolute Gasteiger partial charge is 0.272 e. The van der Waals surface area contributed by atoms with Crippen LogP contribution in [0.25, 0.3) is 11.1 Å². The lowest BCUT2D eigenvalue weighted by Crippen LogP contribution is -2.16. The lowest BCUT2D eigenvalue weighted by Gasteiger charge is -2.04. The number of hydrogen-bond donors (Lipinski definition) is 0. The molecule has 0 saturated heterocycles. The van der Waals surface area contributed by atoms with Crippen LogP contribution in [-0.2, 0) is 0 Å². The molecule has 0 amide bonds. The average molecular weight is 329 g/mol. The van der Waals surface area contributed by atoms with Crippen LogP contribution < -0.4 is 4.74 Å². The van der Waals surface area contributed by atoms with Crippen LogP contribution >= 0.6 is 0 Å². The Bertz CT molecular complexity index is 989. The molecule has 0 N–H and O–H groups in total. The maximum Gasteiger partial charge on any atom is 0.272 e. The molecule has 0 radical (unpaired) electrons. The highest BCUT2D eigenvalue weighted by atomic mass is 16.5. The van der Waals surface area contributed by atoms with Crippen molar-refractivity contribution >= 4 is 17.2 Å². The third-order valence-corrected chi connectivity index (χ3v) is 4.35. The Morgan fingerprint density at radius 2 is 1.48 bits per heavy atom. The van der Waals surface area contributed by atoms with Gasteiger partial charge in [0.2, 0.25) is 5.69 Å². The molecular weight excluding hydrogens is 314 g/mol. The van der Waals surface area contributed by atoms with E-state index in [4.69, 9.17) is 4.74 Å². The van der Waals surface area contributed by atoms with Crippen molar-refractivity contribution in [2.45, 2.75) is 0 Å². The molecule has 1 heterocycles. The molecule has 4 heteroatoms. The second-order valence-electron chi connectivity index (χ2n) is 5.80. The Labute approximate surface area is 145 Å². The van der Waals surface area contributed by atoms with Gasteiger partial charge in [0.05, 0.1) is 12.7 Å². The van der Waals surface area contributed by atoms with Gasteiger partial charge in [0.15, 0.2) is 0 Å². The van der Waals surface area contributed by atoms with Gasteiger partial charge in [-0.1, -0.05) is 42.5 Å². The number of carbonyl (C=O) groups excluding carboxylic acids is 1. The van der Waals surface area contributed by atoms with Crippen LogP contribution in [0.2, 0.25) is 0 Å². The largest absolute Gasteiger partial charge is 0.618 e. The number of ketones is 1. The van der Waals surface area contributed by atoms with Crippen molar-refractivity contribution in [2.24, 2.45) is 0 Å². The molecule has 0 unspecified atom stereocenters. The summed E-state index contributed by atoms with van der Waals surface area (Å²) in [7, 11) is 1.53. The van der Waals surface area contributed by atoms with Gasteiger partial charge in [-0.05, 0) is 35.4 Å². The van der Waals surface area contributed by atoms with Gasteiger partial charge in [-0.15, -0.1) is 0 Å². The molecule has 0 bridgehead atoms. The number of carbonyl (C=O) groups is 1. The van der Waals surface area contributed by atoms with Gasteiger partial charge in [-0.25, -0.2) is 0 Å². The van der Waals surface area contributed by atoms with Crippen LogP contribution in [0.5, 0.6) is 5.75 Å². The minimum absolute atomic E-state index is 0.142. The molecule has 122 valence electrons. The molecule has 4 rings (SSSR count). The average Bonchev–Trinajstić information content (AvgIpc) is 2.92. The molecule has 0 spiro atoms. The van der Waals surface area contributed by atoms with Crippen molar-refractivity contribution in [2.75, 3.05) is 7.11 Å². The molecule has 0 aliphatic carbocycles. The second-order valence-corrected chi connectivity index (χ2v) is 5.80. The molecule has 25 heavy (non-hydrogen) atoms. The van der Waals surface area contributed by atoms with E-state index in [1.807, 2.05) is 54.6 Å². The molecule has 0 atom stereocenters. The van der Waals surface area contributed by atoms with Gasteiger partial charge in [-0.2, -0.15) is 4.74 Å². The van der Waals surface area contributed by atoms with Gasteiger partial charge in [0.1, 0.15) is 11.3 Å². The number of methoxy groups -OCH3 is 1. The van der Waals surface area contributed by atoms with Crippen LogP contribution in [0.3, 0.4) is 0 Å². The first kappa shape index (κ1) is 15.1. The third kappa shape index (κ3) is 2.48. The summed E-state index contributed by atoms with van der Waals surface area (Å²) in [6.45, 7) is 0. The Morgan fingerprint density at radius 1 is 0.840 bits per heavy atom. The molecular formula is C21H15NO3. The minimum Gasteiger partial charge on any atom is -0.618 e. The summed E-state index contributed by atoms with van der Waals surface area (Å²) in [5, 5.41) is 12.6. The van der Waals surface area contributed by atoms with E-state index in [1.165, 1.54) is 7.11 Å². The van der Waals surface area contributed by atoms with Crippen molar-refractivity contribution in [3.05, 3.63) is 89.1 Å². The standard InChI is InChI=1S/C21H15NO3/c1-25-17-11-12-19-18(13-17)21(23)20(22(19)24)16-9-7-15(8-10-16)14-5-3-2-4-6-14/h2-13H,1H3. The normalized spacial score (nSPS) is 13.1. The predicted octanol–water partition coefficient (Wildman–Crippen LogP) is 4.19. The van der Waals surface area contributed by atoms with Gasteiger partial charge in [0.25, 0.3) is 11.5 Å². The Kier molecular flexibility index (Phi) is 3.58.